The third-order valence-electron chi connectivity index (χ3n) is 3.83. The van der Waals surface area contributed by atoms with Gasteiger partial charge in [0.05, 0.1) is 22.8 Å². The van der Waals surface area contributed by atoms with E-state index in [4.69, 9.17) is 27.9 Å². The Hall–Kier alpha value is -2.57. The molecule has 0 spiro atoms. The molecule has 134 valence electrons. The SMILES string of the molecule is C/C(=N\NC(=O)c1cc(Cl)ccc1Cl)c1cccc(N2CCOC2=O)c1. The zero-order chi connectivity index (χ0) is 18.7. The fourth-order valence-electron chi connectivity index (χ4n) is 2.46. The molecule has 8 heteroatoms. The largest absolute Gasteiger partial charge is 0.447 e. The molecule has 1 saturated heterocycles. The molecule has 6 nitrogen and oxygen atoms in total. The molecular formula is C18H15Cl2N3O3. The van der Waals surface area contributed by atoms with Gasteiger partial charge in [-0.15, -0.1) is 0 Å². The molecule has 1 heterocycles. The summed E-state index contributed by atoms with van der Waals surface area (Å²) in [5.41, 5.74) is 4.75. The highest BCUT2D eigenvalue weighted by atomic mass is 35.5. The molecule has 1 fully saturated rings. The maximum atomic E-state index is 12.2. The second-order valence-electron chi connectivity index (χ2n) is 5.58. The number of ether oxygens (including phenoxy) is 1. The monoisotopic (exact) mass is 391 g/mol. The number of benzene rings is 2. The van der Waals surface area contributed by atoms with Crippen LogP contribution in [0.1, 0.15) is 22.8 Å². The highest BCUT2D eigenvalue weighted by Gasteiger charge is 2.23. The van der Waals surface area contributed by atoms with Crippen LogP contribution < -0.4 is 10.3 Å². The summed E-state index contributed by atoms with van der Waals surface area (Å²) in [6.07, 6.45) is -0.374. The number of halogens is 2. The van der Waals surface area contributed by atoms with Gasteiger partial charge < -0.3 is 4.74 Å². The average Bonchev–Trinajstić information content (AvgIpc) is 3.07. The number of hydrogen-bond acceptors (Lipinski definition) is 4. The molecule has 26 heavy (non-hydrogen) atoms. The lowest BCUT2D eigenvalue weighted by Crippen LogP contribution is -2.23. The van der Waals surface area contributed by atoms with Crippen LogP contribution in [0.5, 0.6) is 0 Å². The fraction of sp³-hybridized carbons (Fsp3) is 0.167. The first-order valence-electron chi connectivity index (χ1n) is 7.80. The summed E-state index contributed by atoms with van der Waals surface area (Å²) in [5, 5.41) is 4.80. The molecule has 0 unspecified atom stereocenters. The third kappa shape index (κ3) is 3.98. The van der Waals surface area contributed by atoms with Crippen molar-refractivity contribution in [3.05, 3.63) is 63.6 Å². The van der Waals surface area contributed by atoms with Gasteiger partial charge in [0.1, 0.15) is 6.61 Å². The minimum atomic E-state index is -0.462. The molecule has 0 aromatic heterocycles. The van der Waals surface area contributed by atoms with Crippen LogP contribution in [0.15, 0.2) is 47.6 Å². The number of nitrogens with zero attached hydrogens (tertiary/aromatic N) is 2. The topological polar surface area (TPSA) is 71.0 Å². The maximum absolute atomic E-state index is 12.2. The Labute approximate surface area is 160 Å². The highest BCUT2D eigenvalue weighted by molar-refractivity contribution is 6.35. The van der Waals surface area contributed by atoms with E-state index in [-0.39, 0.29) is 16.7 Å². The molecule has 1 aliphatic heterocycles. The van der Waals surface area contributed by atoms with Crippen molar-refractivity contribution in [3.8, 4) is 0 Å². The van der Waals surface area contributed by atoms with Crippen LogP contribution in [-0.4, -0.2) is 30.9 Å². The zero-order valence-electron chi connectivity index (χ0n) is 13.8. The maximum Gasteiger partial charge on any atom is 0.414 e. The van der Waals surface area contributed by atoms with E-state index >= 15 is 0 Å². The first-order valence-corrected chi connectivity index (χ1v) is 8.55. The molecule has 3 rings (SSSR count). The Morgan fingerprint density at radius 1 is 1.23 bits per heavy atom. The zero-order valence-corrected chi connectivity index (χ0v) is 15.3. The number of amides is 2. The first kappa shape index (κ1) is 18.2. The number of hydrogen-bond donors (Lipinski definition) is 1. The van der Waals surface area contributed by atoms with Crippen molar-refractivity contribution in [1.29, 1.82) is 0 Å². The van der Waals surface area contributed by atoms with Crippen LogP contribution >= 0.6 is 23.2 Å². The van der Waals surface area contributed by atoms with Crippen molar-refractivity contribution in [2.45, 2.75) is 6.92 Å². The molecule has 0 radical (unpaired) electrons. The van der Waals surface area contributed by atoms with Crippen molar-refractivity contribution < 1.29 is 14.3 Å². The minimum Gasteiger partial charge on any atom is -0.447 e. The summed E-state index contributed by atoms with van der Waals surface area (Å²) in [6, 6.07) is 11.9. The highest BCUT2D eigenvalue weighted by Crippen LogP contribution is 2.21. The van der Waals surface area contributed by atoms with Crippen LogP contribution in [-0.2, 0) is 4.74 Å². The van der Waals surface area contributed by atoms with E-state index in [2.05, 4.69) is 10.5 Å². The number of anilines is 1. The van der Waals surface area contributed by atoms with Gasteiger partial charge in [-0.25, -0.2) is 10.2 Å². The van der Waals surface area contributed by atoms with Crippen LogP contribution in [0.4, 0.5) is 10.5 Å². The van der Waals surface area contributed by atoms with E-state index in [1.807, 2.05) is 24.3 Å². The molecule has 1 aliphatic rings. The third-order valence-corrected chi connectivity index (χ3v) is 4.40. The second-order valence-corrected chi connectivity index (χ2v) is 6.42. The molecular weight excluding hydrogens is 377 g/mol. The lowest BCUT2D eigenvalue weighted by Gasteiger charge is -2.13. The minimum absolute atomic E-state index is 0.240. The van der Waals surface area contributed by atoms with E-state index in [1.165, 1.54) is 6.07 Å². The van der Waals surface area contributed by atoms with Crippen molar-refractivity contribution in [1.82, 2.24) is 5.43 Å². The Kier molecular flexibility index (Phi) is 5.44. The molecule has 1 N–H and O–H groups in total. The van der Waals surface area contributed by atoms with Gasteiger partial charge in [0, 0.05) is 10.7 Å². The predicted molar refractivity (Wildman–Crippen MR) is 101 cm³/mol. The molecule has 2 aromatic rings. The summed E-state index contributed by atoms with van der Waals surface area (Å²) >= 11 is 11.9. The quantitative estimate of drug-likeness (QED) is 0.629. The molecule has 2 amide bonds. The van der Waals surface area contributed by atoms with E-state index in [9.17, 15) is 9.59 Å². The van der Waals surface area contributed by atoms with Crippen LogP contribution in [0.25, 0.3) is 0 Å². The van der Waals surface area contributed by atoms with Gasteiger partial charge in [0.2, 0.25) is 0 Å². The summed E-state index contributed by atoms with van der Waals surface area (Å²) < 4.78 is 4.95. The van der Waals surface area contributed by atoms with E-state index in [1.54, 1.807) is 24.0 Å². The van der Waals surface area contributed by atoms with E-state index in [0.717, 1.165) is 5.56 Å². The molecule has 0 aliphatic carbocycles. The number of rotatable bonds is 4. The average molecular weight is 392 g/mol. The van der Waals surface area contributed by atoms with E-state index in [0.29, 0.717) is 29.6 Å². The van der Waals surface area contributed by atoms with Crippen LogP contribution in [0.3, 0.4) is 0 Å². The number of carbonyl (C=O) groups excluding carboxylic acids is 2. The standard InChI is InChI=1S/C18H15Cl2N3O3/c1-11(21-22-17(24)15-10-13(19)5-6-16(15)20)12-3-2-4-14(9-12)23-7-8-26-18(23)25/h2-6,9-10H,7-8H2,1H3,(H,22,24)/b21-11+. The summed E-state index contributed by atoms with van der Waals surface area (Å²) in [7, 11) is 0. The Bertz CT molecular complexity index is 899. The van der Waals surface area contributed by atoms with Crippen molar-refractivity contribution in [3.63, 3.8) is 0 Å². The lowest BCUT2D eigenvalue weighted by molar-refractivity contribution is 0.0955. The second kappa shape index (κ2) is 7.76. The van der Waals surface area contributed by atoms with Gasteiger partial charge in [-0.2, -0.15) is 5.10 Å². The van der Waals surface area contributed by atoms with Crippen LogP contribution in [0, 0.1) is 0 Å². The number of nitrogens with one attached hydrogen (secondary N) is 1. The van der Waals surface area contributed by atoms with Crippen molar-refractivity contribution in [2.24, 2.45) is 5.10 Å². The van der Waals surface area contributed by atoms with Gasteiger partial charge in [-0.3, -0.25) is 9.69 Å². The van der Waals surface area contributed by atoms with Gasteiger partial charge in [-0.1, -0.05) is 35.3 Å². The van der Waals surface area contributed by atoms with Gasteiger partial charge in [-0.05, 0) is 42.8 Å². The number of carbonyl (C=O) groups is 2. The molecule has 2 aromatic carbocycles. The lowest BCUT2D eigenvalue weighted by atomic mass is 10.1. The predicted octanol–water partition coefficient (Wildman–Crippen LogP) is 4.10. The molecule has 0 bridgehead atoms. The smallest absolute Gasteiger partial charge is 0.414 e. The van der Waals surface area contributed by atoms with Gasteiger partial charge >= 0.3 is 6.09 Å². The first-order chi connectivity index (χ1) is 12.5. The summed E-state index contributed by atoms with van der Waals surface area (Å²) in [5.74, 6) is -0.462. The molecule has 0 atom stereocenters. The van der Waals surface area contributed by atoms with Gasteiger partial charge in [0.25, 0.3) is 5.91 Å². The van der Waals surface area contributed by atoms with Crippen molar-refractivity contribution >= 4 is 46.6 Å². The number of hydrazone groups is 1. The van der Waals surface area contributed by atoms with Crippen molar-refractivity contribution in [2.75, 3.05) is 18.1 Å². The number of cyclic esters (lactones) is 1. The summed E-state index contributed by atoms with van der Waals surface area (Å²) in [4.78, 5) is 25.5. The molecule has 0 saturated carbocycles. The summed E-state index contributed by atoms with van der Waals surface area (Å²) in [6.45, 7) is 2.62. The Morgan fingerprint density at radius 3 is 2.77 bits per heavy atom. The van der Waals surface area contributed by atoms with E-state index < -0.39 is 5.91 Å². The normalized spacial score (nSPS) is 14.3. The Balaban J connectivity index is 1.76. The van der Waals surface area contributed by atoms with Gasteiger partial charge in [0.15, 0.2) is 0 Å². The van der Waals surface area contributed by atoms with Crippen LogP contribution in [0.2, 0.25) is 10.0 Å². The Morgan fingerprint density at radius 2 is 2.04 bits per heavy atom. The fourth-order valence-corrected chi connectivity index (χ4v) is 2.83.